The van der Waals surface area contributed by atoms with Crippen LogP contribution in [0.4, 0.5) is 14.5 Å². The second kappa shape index (κ2) is 12.4. The molecule has 1 saturated heterocycles. The second-order valence-corrected chi connectivity index (χ2v) is 14.6. The predicted molar refractivity (Wildman–Crippen MR) is 167 cm³/mol. The van der Waals surface area contributed by atoms with E-state index in [0.29, 0.717) is 28.5 Å². The minimum absolute atomic E-state index is 0.0945. The molecular formula is C33H32Cl2F2N2O4S. The van der Waals surface area contributed by atoms with Gasteiger partial charge in [-0.25, -0.2) is 17.2 Å². The summed E-state index contributed by atoms with van der Waals surface area (Å²) < 4.78 is 65.6. The third-order valence-electron chi connectivity index (χ3n) is 8.51. The molecule has 44 heavy (non-hydrogen) atoms. The fourth-order valence-electron chi connectivity index (χ4n) is 6.09. The first kappa shape index (κ1) is 31.0. The number of ether oxygens (including phenoxy) is 1. The number of carbonyl (C=O) groups excluding carboxylic acids is 1. The van der Waals surface area contributed by atoms with Gasteiger partial charge in [0.2, 0.25) is 10.0 Å². The molecule has 0 radical (unpaired) electrons. The van der Waals surface area contributed by atoms with E-state index in [-0.39, 0.29) is 24.8 Å². The van der Waals surface area contributed by atoms with Gasteiger partial charge in [-0.1, -0.05) is 59.6 Å². The van der Waals surface area contributed by atoms with E-state index in [1.807, 2.05) is 6.07 Å². The van der Waals surface area contributed by atoms with E-state index in [1.54, 1.807) is 53.4 Å². The molecule has 0 N–H and O–H groups in total. The summed E-state index contributed by atoms with van der Waals surface area (Å²) in [6, 6.07) is 16.1. The van der Waals surface area contributed by atoms with Crippen LogP contribution in [0.3, 0.4) is 0 Å². The number of hydrogen-bond donors (Lipinski definition) is 0. The number of hydrogen-bond acceptors (Lipinski definition) is 4. The molecule has 4 atom stereocenters. The molecule has 1 aliphatic heterocycles. The van der Waals surface area contributed by atoms with Crippen molar-refractivity contribution in [1.29, 1.82) is 0 Å². The highest BCUT2D eigenvalue weighted by Gasteiger charge is 2.52. The predicted octanol–water partition coefficient (Wildman–Crippen LogP) is 7.63. The van der Waals surface area contributed by atoms with Gasteiger partial charge in [-0.15, -0.1) is 6.58 Å². The molecule has 2 aliphatic carbocycles. The Kier molecular flexibility index (Phi) is 8.76. The summed E-state index contributed by atoms with van der Waals surface area (Å²) in [5.74, 6) is -2.40. The zero-order valence-corrected chi connectivity index (χ0v) is 26.1. The van der Waals surface area contributed by atoms with Gasteiger partial charge < -0.3 is 9.64 Å². The Labute approximate surface area is 266 Å². The zero-order valence-electron chi connectivity index (χ0n) is 23.8. The Balaban J connectivity index is 1.51. The van der Waals surface area contributed by atoms with Crippen molar-refractivity contribution in [2.75, 3.05) is 10.8 Å². The smallest absolute Gasteiger partial charge is 0.252 e. The fraction of sp³-hybridized carbons (Fsp3) is 0.364. The van der Waals surface area contributed by atoms with Crippen LogP contribution in [0, 0.1) is 17.6 Å². The van der Waals surface area contributed by atoms with Crippen molar-refractivity contribution in [2.45, 2.75) is 61.6 Å². The molecule has 6 rings (SSSR count). The van der Waals surface area contributed by atoms with E-state index in [4.69, 9.17) is 27.9 Å². The van der Waals surface area contributed by atoms with Crippen molar-refractivity contribution in [3.8, 4) is 0 Å². The lowest BCUT2D eigenvalue weighted by Crippen LogP contribution is -2.58. The quantitative estimate of drug-likeness (QED) is 0.198. The summed E-state index contributed by atoms with van der Waals surface area (Å²) in [5, 5.41) is 0.254. The van der Waals surface area contributed by atoms with Gasteiger partial charge in [-0.3, -0.25) is 9.10 Å². The third kappa shape index (κ3) is 6.12. The van der Waals surface area contributed by atoms with Crippen molar-refractivity contribution in [1.82, 2.24) is 4.90 Å². The van der Waals surface area contributed by atoms with Crippen LogP contribution in [0.5, 0.6) is 0 Å². The van der Waals surface area contributed by atoms with Crippen LogP contribution >= 0.6 is 23.2 Å². The summed E-state index contributed by atoms with van der Waals surface area (Å²) in [6.07, 6.45) is 2.47. The number of anilines is 1. The standard InChI is InChI=1S/C33H32Cl2F2N2O4S/c1-2-5-29-33(40)39(30(21-12-14-23(34)15-13-21)32(43-29)22-6-3-7-24(35)18-22)28(20-10-11-20)19-38(44(41,42)25-16-17-25)31-26(36)8-4-9-27(31)37/h2-4,6-9,12-15,18,20,25,28-30,32H,1,5,10-11,16-17,19H2/t28-,29?,30-,32-/m1/s1. The molecule has 11 heteroatoms. The zero-order chi connectivity index (χ0) is 31.2. The summed E-state index contributed by atoms with van der Waals surface area (Å²) in [7, 11) is -4.13. The van der Waals surface area contributed by atoms with Crippen LogP contribution in [-0.2, 0) is 19.6 Å². The minimum Gasteiger partial charge on any atom is -0.358 e. The van der Waals surface area contributed by atoms with E-state index >= 15 is 8.78 Å². The SMILES string of the molecule is C=CCC1O[C@H](c2cccc(Cl)c2)[C@@H](c2ccc(Cl)cc2)N([C@H](CN(c2c(F)cccc2F)S(=O)(=O)C2CC2)C2CC2)C1=O. The molecule has 0 aromatic heterocycles. The van der Waals surface area contributed by atoms with Crippen molar-refractivity contribution in [3.63, 3.8) is 0 Å². The fourth-order valence-corrected chi connectivity index (χ4v) is 8.29. The first-order valence-electron chi connectivity index (χ1n) is 14.6. The molecule has 1 heterocycles. The van der Waals surface area contributed by atoms with Gasteiger partial charge in [-0.05, 0) is 79.1 Å². The van der Waals surface area contributed by atoms with E-state index in [0.717, 1.165) is 34.8 Å². The number of amides is 1. The van der Waals surface area contributed by atoms with Crippen LogP contribution in [0.2, 0.25) is 10.0 Å². The second-order valence-electron chi connectivity index (χ2n) is 11.6. The minimum atomic E-state index is -4.13. The van der Waals surface area contributed by atoms with Crippen LogP contribution in [0.25, 0.3) is 0 Å². The molecular weight excluding hydrogens is 629 g/mol. The number of carbonyl (C=O) groups is 1. The first-order valence-corrected chi connectivity index (χ1v) is 16.9. The lowest BCUT2D eigenvalue weighted by atomic mass is 9.89. The molecule has 232 valence electrons. The Morgan fingerprint density at radius 3 is 2.20 bits per heavy atom. The molecule has 1 unspecified atom stereocenters. The van der Waals surface area contributed by atoms with Crippen LogP contribution < -0.4 is 4.31 Å². The maximum atomic E-state index is 15.3. The monoisotopic (exact) mass is 660 g/mol. The van der Waals surface area contributed by atoms with Gasteiger partial charge in [0.05, 0.1) is 23.9 Å². The van der Waals surface area contributed by atoms with Crippen molar-refractivity contribution in [3.05, 3.63) is 112 Å². The van der Waals surface area contributed by atoms with Gasteiger partial charge in [-0.2, -0.15) is 0 Å². The number of rotatable bonds is 11. The number of sulfonamides is 1. The highest BCUT2D eigenvalue weighted by atomic mass is 35.5. The molecule has 3 aromatic carbocycles. The molecule has 2 saturated carbocycles. The summed E-state index contributed by atoms with van der Waals surface area (Å²) in [5.41, 5.74) is 0.813. The van der Waals surface area contributed by atoms with Crippen molar-refractivity contribution < 1.29 is 26.7 Å². The van der Waals surface area contributed by atoms with E-state index in [1.165, 1.54) is 6.07 Å². The number of halogens is 4. The number of morpholine rings is 1. The maximum Gasteiger partial charge on any atom is 0.252 e. The normalized spacial score (nSPS) is 23.0. The number of nitrogens with zero attached hydrogens (tertiary/aromatic N) is 2. The average molecular weight is 662 g/mol. The Hall–Kier alpha value is -2.98. The Bertz CT molecular complexity index is 1640. The molecule has 3 aliphatic rings. The third-order valence-corrected chi connectivity index (χ3v) is 11.3. The van der Waals surface area contributed by atoms with Crippen molar-refractivity contribution in [2.24, 2.45) is 5.92 Å². The molecule has 3 aromatic rings. The first-order chi connectivity index (χ1) is 21.1. The lowest BCUT2D eigenvalue weighted by molar-refractivity contribution is -0.179. The number of para-hydroxylation sites is 1. The summed E-state index contributed by atoms with van der Waals surface area (Å²) >= 11 is 12.6. The number of benzene rings is 3. The van der Waals surface area contributed by atoms with E-state index < -0.39 is 56.9 Å². The molecule has 6 nitrogen and oxygen atoms in total. The Morgan fingerprint density at radius 2 is 1.61 bits per heavy atom. The molecule has 0 spiro atoms. The lowest BCUT2D eigenvalue weighted by Gasteiger charge is -2.49. The Morgan fingerprint density at radius 1 is 0.955 bits per heavy atom. The largest absolute Gasteiger partial charge is 0.358 e. The molecule has 1 amide bonds. The summed E-state index contributed by atoms with van der Waals surface area (Å²) in [6.45, 7) is 3.51. The summed E-state index contributed by atoms with van der Waals surface area (Å²) in [4.78, 5) is 16.1. The van der Waals surface area contributed by atoms with Crippen LogP contribution in [0.15, 0.2) is 79.4 Å². The van der Waals surface area contributed by atoms with Crippen molar-refractivity contribution >= 4 is 44.8 Å². The highest BCUT2D eigenvalue weighted by molar-refractivity contribution is 7.93. The van der Waals surface area contributed by atoms with Gasteiger partial charge in [0, 0.05) is 16.5 Å². The van der Waals surface area contributed by atoms with Gasteiger partial charge in [0.1, 0.15) is 17.9 Å². The van der Waals surface area contributed by atoms with Crippen LogP contribution in [-0.4, -0.2) is 43.2 Å². The highest BCUT2D eigenvalue weighted by Crippen LogP contribution is 2.49. The van der Waals surface area contributed by atoms with E-state index in [2.05, 4.69) is 6.58 Å². The average Bonchev–Trinajstić information content (AvgIpc) is 3.90. The van der Waals surface area contributed by atoms with Gasteiger partial charge >= 0.3 is 0 Å². The molecule has 0 bridgehead atoms. The van der Waals surface area contributed by atoms with Gasteiger partial charge in [0.25, 0.3) is 5.91 Å². The topological polar surface area (TPSA) is 66.9 Å². The molecule has 3 fully saturated rings. The maximum absolute atomic E-state index is 15.3. The van der Waals surface area contributed by atoms with Gasteiger partial charge in [0.15, 0.2) is 11.6 Å². The van der Waals surface area contributed by atoms with E-state index in [9.17, 15) is 13.2 Å². The van der Waals surface area contributed by atoms with Crippen LogP contribution in [0.1, 0.15) is 55.4 Å².